The van der Waals surface area contributed by atoms with Gasteiger partial charge in [0.15, 0.2) is 6.29 Å². The van der Waals surface area contributed by atoms with Gasteiger partial charge in [-0.3, -0.25) is 4.79 Å². The highest BCUT2D eigenvalue weighted by Gasteiger charge is 2.31. The van der Waals surface area contributed by atoms with Gasteiger partial charge < -0.3 is 30.7 Å². The molecule has 38 heavy (non-hydrogen) atoms. The molecule has 200 valence electrons. The van der Waals surface area contributed by atoms with Crippen LogP contribution in [0.25, 0.3) is 10.8 Å². The molecule has 4 N–H and O–H groups in total. The average molecular weight is 517 g/mol. The van der Waals surface area contributed by atoms with E-state index in [-0.39, 0.29) is 11.8 Å². The van der Waals surface area contributed by atoms with E-state index in [1.807, 2.05) is 26.0 Å². The summed E-state index contributed by atoms with van der Waals surface area (Å²) in [5.74, 6) is -0.120. The number of hydrogen-bond donors (Lipinski definition) is 4. The Morgan fingerprint density at radius 3 is 2.71 bits per heavy atom. The summed E-state index contributed by atoms with van der Waals surface area (Å²) in [5.41, 5.74) is 4.35. The highest BCUT2D eigenvalue weighted by molar-refractivity contribution is 5.94. The lowest BCUT2D eigenvalue weighted by Gasteiger charge is -2.23. The summed E-state index contributed by atoms with van der Waals surface area (Å²) in [5, 5.41) is 20.9. The van der Waals surface area contributed by atoms with Gasteiger partial charge in [0.25, 0.3) is 0 Å². The molecule has 0 saturated carbocycles. The second-order valence-electron chi connectivity index (χ2n) is 10.6. The van der Waals surface area contributed by atoms with Crippen molar-refractivity contribution in [3.05, 3.63) is 71.8 Å². The van der Waals surface area contributed by atoms with Crippen LogP contribution in [0, 0.1) is 5.92 Å². The Labute approximate surface area is 223 Å². The third kappa shape index (κ3) is 5.92. The zero-order chi connectivity index (χ0) is 26.6. The summed E-state index contributed by atoms with van der Waals surface area (Å²) >= 11 is 0. The standard InChI is InChI=1S/C30H36N4O4/c1-19(2)16-26(28(35)32-25-13-15-38-29(25)36)33-30(37)31-23-10-11-27-21(17-23)12-14-34(27)18-22-8-5-7-20-6-3-4-9-24(20)22/h3-11,17,19,25-26,29,36H,12-16,18H2,1-2H3,(H,32,35)(H2,31,33,37)/t25-,26-,29-/m0/s1. The molecule has 3 aromatic rings. The van der Waals surface area contributed by atoms with Gasteiger partial charge in [0.1, 0.15) is 6.04 Å². The molecule has 0 bridgehead atoms. The van der Waals surface area contributed by atoms with Crippen LogP contribution in [0.15, 0.2) is 60.7 Å². The molecule has 2 heterocycles. The lowest BCUT2D eigenvalue weighted by Crippen LogP contribution is -2.52. The lowest BCUT2D eigenvalue weighted by molar-refractivity contribution is -0.127. The number of carbonyl (C=O) groups excluding carboxylic acids is 2. The Hall–Kier alpha value is -3.62. The fraction of sp³-hybridized carbons (Fsp3) is 0.400. The molecule has 5 rings (SSSR count). The van der Waals surface area contributed by atoms with E-state index in [1.165, 1.54) is 27.6 Å². The Balaban J connectivity index is 1.22. The minimum Gasteiger partial charge on any atom is -0.367 e. The molecular formula is C30H36N4O4. The number of carbonyl (C=O) groups is 2. The van der Waals surface area contributed by atoms with Crippen LogP contribution < -0.4 is 20.9 Å². The van der Waals surface area contributed by atoms with Gasteiger partial charge in [-0.05, 0) is 65.3 Å². The fourth-order valence-corrected chi connectivity index (χ4v) is 5.38. The SMILES string of the molecule is CC(C)C[C@H](NC(=O)Nc1ccc2c(c1)CCN2Cc1cccc2ccccc12)C(=O)N[C@H]1CCO[C@@H]1O. The van der Waals surface area contributed by atoms with Crippen molar-refractivity contribution in [3.63, 3.8) is 0 Å². The van der Waals surface area contributed by atoms with Crippen molar-refractivity contribution in [2.75, 3.05) is 23.4 Å². The van der Waals surface area contributed by atoms with E-state index in [4.69, 9.17) is 4.74 Å². The molecule has 2 aliphatic heterocycles. The van der Waals surface area contributed by atoms with Gasteiger partial charge in [0.05, 0.1) is 12.6 Å². The van der Waals surface area contributed by atoms with Gasteiger partial charge in [0.2, 0.25) is 5.91 Å². The maximum atomic E-state index is 12.9. The van der Waals surface area contributed by atoms with Crippen molar-refractivity contribution in [2.24, 2.45) is 5.92 Å². The van der Waals surface area contributed by atoms with Gasteiger partial charge in [-0.15, -0.1) is 0 Å². The third-order valence-electron chi connectivity index (χ3n) is 7.29. The van der Waals surface area contributed by atoms with Crippen molar-refractivity contribution in [1.29, 1.82) is 0 Å². The molecule has 0 unspecified atom stereocenters. The number of anilines is 2. The third-order valence-corrected chi connectivity index (χ3v) is 7.29. The first kappa shape index (κ1) is 26.0. The maximum Gasteiger partial charge on any atom is 0.319 e. The van der Waals surface area contributed by atoms with E-state index in [2.05, 4.69) is 69.4 Å². The number of fused-ring (bicyclic) bond motifs is 2. The summed E-state index contributed by atoms with van der Waals surface area (Å²) in [4.78, 5) is 28.1. The van der Waals surface area contributed by atoms with E-state index < -0.39 is 24.4 Å². The lowest BCUT2D eigenvalue weighted by atomic mass is 10.0. The van der Waals surface area contributed by atoms with Crippen LogP contribution in [-0.2, 0) is 22.5 Å². The normalized spacial score (nSPS) is 19.4. The van der Waals surface area contributed by atoms with Crippen molar-refractivity contribution in [1.82, 2.24) is 10.6 Å². The second kappa shape index (κ2) is 11.4. The van der Waals surface area contributed by atoms with Crippen LogP contribution >= 0.6 is 0 Å². The second-order valence-corrected chi connectivity index (χ2v) is 10.6. The number of nitrogens with zero attached hydrogens (tertiary/aromatic N) is 1. The number of amides is 3. The first-order valence-electron chi connectivity index (χ1n) is 13.4. The summed E-state index contributed by atoms with van der Waals surface area (Å²) in [7, 11) is 0. The Kier molecular flexibility index (Phi) is 7.81. The van der Waals surface area contributed by atoms with Crippen molar-refractivity contribution in [2.45, 2.75) is 58.0 Å². The van der Waals surface area contributed by atoms with Crippen LogP contribution in [0.3, 0.4) is 0 Å². The van der Waals surface area contributed by atoms with Crippen LogP contribution in [0.1, 0.15) is 37.8 Å². The molecule has 8 heteroatoms. The number of benzene rings is 3. The molecule has 3 amide bonds. The number of rotatable bonds is 8. The van der Waals surface area contributed by atoms with E-state index in [9.17, 15) is 14.7 Å². The van der Waals surface area contributed by atoms with Gasteiger partial charge in [-0.25, -0.2) is 4.79 Å². The number of aliphatic hydroxyl groups excluding tert-OH is 1. The number of hydrogen-bond acceptors (Lipinski definition) is 5. The molecule has 0 radical (unpaired) electrons. The molecule has 1 fully saturated rings. The largest absolute Gasteiger partial charge is 0.367 e. The van der Waals surface area contributed by atoms with E-state index >= 15 is 0 Å². The molecular weight excluding hydrogens is 480 g/mol. The topological polar surface area (TPSA) is 103 Å². The molecule has 0 spiro atoms. The van der Waals surface area contributed by atoms with E-state index in [0.29, 0.717) is 25.1 Å². The molecule has 1 saturated heterocycles. The van der Waals surface area contributed by atoms with Gasteiger partial charge >= 0.3 is 6.03 Å². The monoisotopic (exact) mass is 516 g/mol. The Morgan fingerprint density at radius 1 is 1.11 bits per heavy atom. The average Bonchev–Trinajstić information content (AvgIpc) is 3.48. The number of urea groups is 1. The van der Waals surface area contributed by atoms with Crippen LogP contribution in [0.5, 0.6) is 0 Å². The zero-order valence-corrected chi connectivity index (χ0v) is 21.9. The predicted octanol–water partition coefficient (Wildman–Crippen LogP) is 4.16. The summed E-state index contributed by atoms with van der Waals surface area (Å²) in [6.07, 6.45) is 0.914. The number of ether oxygens (including phenoxy) is 1. The Bertz CT molecular complexity index is 1310. The van der Waals surface area contributed by atoms with Crippen LogP contribution in [-0.4, -0.2) is 48.6 Å². The fourth-order valence-electron chi connectivity index (χ4n) is 5.38. The Morgan fingerprint density at radius 2 is 1.92 bits per heavy atom. The van der Waals surface area contributed by atoms with Gasteiger partial charge in [-0.2, -0.15) is 0 Å². The van der Waals surface area contributed by atoms with Crippen molar-refractivity contribution < 1.29 is 19.4 Å². The van der Waals surface area contributed by atoms with Gasteiger partial charge in [-0.1, -0.05) is 56.3 Å². The minimum absolute atomic E-state index is 0.198. The smallest absolute Gasteiger partial charge is 0.319 e. The number of aliphatic hydroxyl groups is 1. The summed E-state index contributed by atoms with van der Waals surface area (Å²) in [6, 6.07) is 19.3. The van der Waals surface area contributed by atoms with Gasteiger partial charge in [0, 0.05) is 24.5 Å². The molecule has 3 atom stereocenters. The predicted molar refractivity (Wildman–Crippen MR) is 149 cm³/mol. The highest BCUT2D eigenvalue weighted by Crippen LogP contribution is 2.33. The molecule has 2 aliphatic rings. The zero-order valence-electron chi connectivity index (χ0n) is 21.9. The highest BCUT2D eigenvalue weighted by atomic mass is 16.6. The maximum absolute atomic E-state index is 12.9. The molecule has 3 aromatic carbocycles. The van der Waals surface area contributed by atoms with Crippen molar-refractivity contribution in [3.8, 4) is 0 Å². The summed E-state index contributed by atoms with van der Waals surface area (Å²) in [6.45, 7) is 6.14. The van der Waals surface area contributed by atoms with Crippen molar-refractivity contribution >= 4 is 34.1 Å². The van der Waals surface area contributed by atoms with E-state index in [0.717, 1.165) is 19.5 Å². The molecule has 8 nitrogen and oxygen atoms in total. The summed E-state index contributed by atoms with van der Waals surface area (Å²) < 4.78 is 5.12. The quantitative estimate of drug-likeness (QED) is 0.360. The first-order chi connectivity index (χ1) is 18.4. The first-order valence-corrected chi connectivity index (χ1v) is 13.4. The number of nitrogens with one attached hydrogen (secondary N) is 3. The molecule has 0 aromatic heterocycles. The van der Waals surface area contributed by atoms with E-state index in [1.54, 1.807) is 0 Å². The van der Waals surface area contributed by atoms with Crippen LogP contribution in [0.4, 0.5) is 16.2 Å². The molecule has 0 aliphatic carbocycles. The van der Waals surface area contributed by atoms with Crippen LogP contribution in [0.2, 0.25) is 0 Å². The minimum atomic E-state index is -1.01.